The van der Waals surface area contributed by atoms with Crippen molar-refractivity contribution < 1.29 is 14.3 Å². The van der Waals surface area contributed by atoms with Crippen LogP contribution < -0.4 is 10.1 Å². The van der Waals surface area contributed by atoms with Crippen LogP contribution in [0.25, 0.3) is 0 Å². The van der Waals surface area contributed by atoms with Gasteiger partial charge in [-0.05, 0) is 25.5 Å². The van der Waals surface area contributed by atoms with Crippen molar-refractivity contribution in [3.05, 3.63) is 29.6 Å². The molecule has 0 atom stereocenters. The van der Waals surface area contributed by atoms with Crippen LogP contribution >= 0.6 is 0 Å². The molecular formula is C15H20N2O3. The van der Waals surface area contributed by atoms with Crippen molar-refractivity contribution >= 4 is 11.8 Å². The van der Waals surface area contributed by atoms with E-state index in [4.69, 9.17) is 9.47 Å². The first-order chi connectivity index (χ1) is 9.72. The lowest BCUT2D eigenvalue weighted by molar-refractivity contribution is -0.135. The molecule has 1 saturated heterocycles. The van der Waals surface area contributed by atoms with Gasteiger partial charge in [0.2, 0.25) is 0 Å². The summed E-state index contributed by atoms with van der Waals surface area (Å²) in [5, 5.41) is 3.15. The maximum absolute atomic E-state index is 11.5. The first-order valence-corrected chi connectivity index (χ1v) is 6.94. The van der Waals surface area contributed by atoms with E-state index in [2.05, 4.69) is 17.2 Å². The van der Waals surface area contributed by atoms with Gasteiger partial charge >= 0.3 is 5.97 Å². The van der Waals surface area contributed by atoms with Crippen LogP contribution in [0.4, 0.5) is 5.82 Å². The summed E-state index contributed by atoms with van der Waals surface area (Å²) in [4.78, 5) is 15.8. The molecule has 20 heavy (non-hydrogen) atoms. The Labute approximate surface area is 119 Å². The molecule has 2 rings (SSSR count). The zero-order chi connectivity index (χ0) is 14.4. The summed E-state index contributed by atoms with van der Waals surface area (Å²) >= 11 is 0. The van der Waals surface area contributed by atoms with Crippen LogP contribution in [-0.2, 0) is 9.53 Å². The minimum atomic E-state index is -0.251. The van der Waals surface area contributed by atoms with Crippen LogP contribution in [0.2, 0.25) is 0 Å². The Balaban J connectivity index is 2.10. The van der Waals surface area contributed by atoms with Crippen molar-refractivity contribution in [1.29, 1.82) is 0 Å². The van der Waals surface area contributed by atoms with E-state index in [0.717, 1.165) is 18.5 Å². The van der Waals surface area contributed by atoms with Gasteiger partial charge in [0.1, 0.15) is 0 Å². The predicted molar refractivity (Wildman–Crippen MR) is 76.5 cm³/mol. The highest BCUT2D eigenvalue weighted by molar-refractivity contribution is 5.91. The minimum Gasteiger partial charge on any atom is -0.490 e. The lowest BCUT2D eigenvalue weighted by atomic mass is 10.2. The SMILES string of the molecule is CCCCOc1cccnc1N/C(C)=C1\CCOC1=O. The highest BCUT2D eigenvalue weighted by Crippen LogP contribution is 2.25. The maximum atomic E-state index is 11.5. The molecule has 1 N–H and O–H groups in total. The van der Waals surface area contributed by atoms with Crippen molar-refractivity contribution in [2.75, 3.05) is 18.5 Å². The Morgan fingerprint density at radius 2 is 2.40 bits per heavy atom. The van der Waals surface area contributed by atoms with E-state index in [9.17, 15) is 4.79 Å². The predicted octanol–water partition coefficient (Wildman–Crippen LogP) is 2.89. The molecule has 1 aliphatic rings. The number of rotatable bonds is 6. The monoisotopic (exact) mass is 276 g/mol. The normalized spacial score (nSPS) is 16.8. The van der Waals surface area contributed by atoms with Crippen LogP contribution in [0.3, 0.4) is 0 Å². The van der Waals surface area contributed by atoms with Gasteiger partial charge in [-0.25, -0.2) is 9.78 Å². The summed E-state index contributed by atoms with van der Waals surface area (Å²) in [6.07, 6.45) is 4.41. The quantitative estimate of drug-likeness (QED) is 0.492. The number of ether oxygens (including phenoxy) is 2. The number of nitrogens with zero attached hydrogens (tertiary/aromatic N) is 1. The van der Waals surface area contributed by atoms with E-state index in [-0.39, 0.29) is 5.97 Å². The molecule has 1 aromatic rings. The Morgan fingerprint density at radius 3 is 3.10 bits per heavy atom. The van der Waals surface area contributed by atoms with E-state index in [1.165, 1.54) is 0 Å². The average Bonchev–Trinajstić information content (AvgIpc) is 2.87. The van der Waals surface area contributed by atoms with E-state index >= 15 is 0 Å². The van der Waals surface area contributed by atoms with Gasteiger partial charge in [-0.2, -0.15) is 0 Å². The van der Waals surface area contributed by atoms with Gasteiger partial charge < -0.3 is 14.8 Å². The largest absolute Gasteiger partial charge is 0.490 e. The number of esters is 1. The summed E-state index contributed by atoms with van der Waals surface area (Å²) in [5.74, 6) is 1.08. The Bertz CT molecular complexity index is 512. The molecule has 0 amide bonds. The molecule has 0 aromatic carbocycles. The van der Waals surface area contributed by atoms with Gasteiger partial charge in [0.15, 0.2) is 11.6 Å². The number of pyridine rings is 1. The topological polar surface area (TPSA) is 60.4 Å². The summed E-state index contributed by atoms with van der Waals surface area (Å²) < 4.78 is 10.6. The molecule has 0 bridgehead atoms. The van der Waals surface area contributed by atoms with Crippen LogP contribution in [0.5, 0.6) is 5.75 Å². The maximum Gasteiger partial charge on any atom is 0.335 e. The lowest BCUT2D eigenvalue weighted by Crippen LogP contribution is -2.08. The first kappa shape index (κ1) is 14.4. The second-order valence-electron chi connectivity index (χ2n) is 4.67. The number of aromatic nitrogens is 1. The molecule has 0 radical (unpaired) electrons. The van der Waals surface area contributed by atoms with Crippen LogP contribution in [0.15, 0.2) is 29.6 Å². The third-order valence-corrected chi connectivity index (χ3v) is 3.12. The summed E-state index contributed by atoms with van der Waals surface area (Å²) in [5.41, 5.74) is 1.45. The van der Waals surface area contributed by atoms with Crippen molar-refractivity contribution in [2.45, 2.75) is 33.1 Å². The molecule has 5 heteroatoms. The smallest absolute Gasteiger partial charge is 0.335 e. The zero-order valence-electron chi connectivity index (χ0n) is 11.9. The zero-order valence-corrected chi connectivity index (χ0v) is 11.9. The number of cyclic esters (lactones) is 1. The number of carbonyl (C=O) groups excluding carboxylic acids is 1. The van der Waals surface area contributed by atoms with Crippen molar-refractivity contribution in [3.8, 4) is 5.75 Å². The summed E-state index contributed by atoms with van der Waals surface area (Å²) in [6, 6.07) is 3.70. The van der Waals surface area contributed by atoms with Crippen LogP contribution in [0.1, 0.15) is 33.1 Å². The molecule has 108 valence electrons. The molecule has 1 fully saturated rings. The average molecular weight is 276 g/mol. The van der Waals surface area contributed by atoms with Crippen LogP contribution in [0, 0.1) is 0 Å². The Hall–Kier alpha value is -2.04. The molecule has 0 unspecified atom stereocenters. The number of unbranched alkanes of at least 4 members (excludes halogenated alkanes) is 1. The van der Waals surface area contributed by atoms with Crippen molar-refractivity contribution in [2.24, 2.45) is 0 Å². The summed E-state index contributed by atoms with van der Waals surface area (Å²) in [7, 11) is 0. The number of carbonyl (C=O) groups is 1. The van der Waals surface area contributed by atoms with E-state index in [1.807, 2.05) is 19.1 Å². The molecule has 0 spiro atoms. The second kappa shape index (κ2) is 6.93. The van der Waals surface area contributed by atoms with Gasteiger partial charge in [-0.3, -0.25) is 0 Å². The van der Waals surface area contributed by atoms with Gasteiger partial charge in [-0.1, -0.05) is 13.3 Å². The minimum absolute atomic E-state index is 0.251. The van der Waals surface area contributed by atoms with E-state index < -0.39 is 0 Å². The highest BCUT2D eigenvalue weighted by Gasteiger charge is 2.21. The molecule has 1 aliphatic heterocycles. The van der Waals surface area contributed by atoms with Gasteiger partial charge in [0.25, 0.3) is 0 Å². The standard InChI is InChI=1S/C15H20N2O3/c1-3-4-9-19-13-6-5-8-16-14(13)17-11(2)12-7-10-20-15(12)18/h5-6,8H,3-4,7,9-10H2,1-2H3,(H,16,17)/b12-11+. The molecule has 2 heterocycles. The number of anilines is 1. The Morgan fingerprint density at radius 1 is 1.55 bits per heavy atom. The molecular weight excluding hydrogens is 256 g/mol. The van der Waals surface area contributed by atoms with Crippen molar-refractivity contribution in [3.63, 3.8) is 0 Å². The van der Waals surface area contributed by atoms with Gasteiger partial charge in [0, 0.05) is 18.3 Å². The third kappa shape index (κ3) is 3.50. The fourth-order valence-corrected chi connectivity index (χ4v) is 1.96. The molecule has 0 aliphatic carbocycles. The van der Waals surface area contributed by atoms with Crippen molar-refractivity contribution in [1.82, 2.24) is 4.98 Å². The fraction of sp³-hybridized carbons (Fsp3) is 0.467. The van der Waals surface area contributed by atoms with Crippen LogP contribution in [-0.4, -0.2) is 24.2 Å². The third-order valence-electron chi connectivity index (χ3n) is 3.12. The number of nitrogens with one attached hydrogen (secondary N) is 1. The first-order valence-electron chi connectivity index (χ1n) is 6.94. The number of hydrogen-bond donors (Lipinski definition) is 1. The van der Waals surface area contributed by atoms with E-state index in [1.54, 1.807) is 6.20 Å². The summed E-state index contributed by atoms with van der Waals surface area (Å²) in [6.45, 7) is 5.09. The van der Waals surface area contributed by atoms with Gasteiger partial charge in [-0.15, -0.1) is 0 Å². The second-order valence-corrected chi connectivity index (χ2v) is 4.67. The highest BCUT2D eigenvalue weighted by atomic mass is 16.5. The van der Waals surface area contributed by atoms with E-state index in [0.29, 0.717) is 36.8 Å². The molecule has 1 aromatic heterocycles. The fourth-order valence-electron chi connectivity index (χ4n) is 1.96. The molecule has 5 nitrogen and oxygen atoms in total. The number of allylic oxidation sites excluding steroid dienone is 1. The Kier molecular flexibility index (Phi) is 4.98. The number of hydrogen-bond acceptors (Lipinski definition) is 5. The molecule has 0 saturated carbocycles. The van der Waals surface area contributed by atoms with Gasteiger partial charge in [0.05, 0.1) is 18.8 Å². The lowest BCUT2D eigenvalue weighted by Gasteiger charge is -2.13.